The molecule has 1 atom stereocenters. The van der Waals surface area contributed by atoms with E-state index in [0.717, 1.165) is 33.2 Å². The minimum Gasteiger partial charge on any atom is -0.399 e. The molecular formula is C23H23N3O2. The van der Waals surface area contributed by atoms with Gasteiger partial charge in [0.1, 0.15) is 7.11 Å². The van der Waals surface area contributed by atoms with Crippen molar-refractivity contribution in [2.45, 2.75) is 32.1 Å². The lowest BCUT2D eigenvalue weighted by Gasteiger charge is -2.23. The Morgan fingerprint density at radius 2 is 2.07 bits per heavy atom. The second kappa shape index (κ2) is 8.10. The molecule has 3 aromatic rings. The van der Waals surface area contributed by atoms with Gasteiger partial charge in [-0.25, -0.2) is 0 Å². The van der Waals surface area contributed by atoms with Crippen LogP contribution in [0.2, 0.25) is 0 Å². The Kier molecular flexibility index (Phi) is 5.60. The summed E-state index contributed by atoms with van der Waals surface area (Å²) in [7, 11) is 1.50. The van der Waals surface area contributed by atoms with Gasteiger partial charge in [-0.05, 0) is 54.0 Å². The average Bonchev–Trinajstić information content (AvgIpc) is 2.71. The summed E-state index contributed by atoms with van der Waals surface area (Å²) >= 11 is 0. The molecule has 3 rings (SSSR count). The minimum absolute atomic E-state index is 0.0732. The van der Waals surface area contributed by atoms with E-state index in [0.29, 0.717) is 12.8 Å². The van der Waals surface area contributed by atoms with Gasteiger partial charge in [0.05, 0.1) is 17.7 Å². The number of aromatic amines is 1. The Hall–Kier alpha value is -3.39. The zero-order valence-corrected chi connectivity index (χ0v) is 16.3. The monoisotopic (exact) mass is 373 g/mol. The molecule has 0 amide bonds. The van der Waals surface area contributed by atoms with Crippen molar-refractivity contribution in [3.05, 3.63) is 81.1 Å². The van der Waals surface area contributed by atoms with Gasteiger partial charge in [-0.1, -0.05) is 48.5 Å². The predicted octanol–water partition coefficient (Wildman–Crippen LogP) is 4.09. The van der Waals surface area contributed by atoms with Gasteiger partial charge in [-0.15, -0.1) is 0 Å². The van der Waals surface area contributed by atoms with Crippen molar-refractivity contribution in [3.63, 3.8) is 0 Å². The number of hydrogen-bond acceptors (Lipinski definition) is 4. The third-order valence-electron chi connectivity index (χ3n) is 5.00. The molecule has 0 radical (unpaired) electrons. The Labute approximate surface area is 164 Å². The number of nitrogens with one attached hydrogen (secondary N) is 1. The topological polar surface area (TPSA) is 78.2 Å². The SMILES string of the molecule is CCc1cc2ccc(C(C)(C#N)Cc3cccc(C=NOC)c3)cc2[nH]c1=O. The molecule has 0 aliphatic carbocycles. The van der Waals surface area contributed by atoms with Gasteiger partial charge in [-0.2, -0.15) is 5.26 Å². The lowest BCUT2D eigenvalue weighted by molar-refractivity contribution is 0.215. The van der Waals surface area contributed by atoms with Crippen molar-refractivity contribution in [2.24, 2.45) is 5.16 Å². The molecule has 0 saturated heterocycles. The van der Waals surface area contributed by atoms with E-state index in [1.54, 1.807) is 6.21 Å². The first-order valence-corrected chi connectivity index (χ1v) is 9.22. The Morgan fingerprint density at radius 3 is 2.79 bits per heavy atom. The Bertz CT molecular complexity index is 1120. The van der Waals surface area contributed by atoms with Crippen LogP contribution < -0.4 is 5.56 Å². The highest BCUT2D eigenvalue weighted by molar-refractivity contribution is 5.80. The maximum Gasteiger partial charge on any atom is 0.251 e. The molecule has 5 heteroatoms. The summed E-state index contributed by atoms with van der Waals surface area (Å²) in [5.41, 5.74) is 3.52. The molecule has 5 nitrogen and oxygen atoms in total. The number of aryl methyl sites for hydroxylation is 1. The molecule has 0 fully saturated rings. The van der Waals surface area contributed by atoms with E-state index < -0.39 is 5.41 Å². The summed E-state index contributed by atoms with van der Waals surface area (Å²) in [6.07, 6.45) is 2.87. The number of H-pyrrole nitrogens is 1. The first kappa shape index (κ1) is 19.4. The van der Waals surface area contributed by atoms with Gasteiger partial charge in [0.25, 0.3) is 5.56 Å². The number of fused-ring (bicyclic) bond motifs is 1. The Morgan fingerprint density at radius 1 is 1.25 bits per heavy atom. The van der Waals surface area contributed by atoms with Crippen LogP contribution in [-0.2, 0) is 23.1 Å². The van der Waals surface area contributed by atoms with Crippen molar-refractivity contribution in [1.82, 2.24) is 4.98 Å². The summed E-state index contributed by atoms with van der Waals surface area (Å²) in [5.74, 6) is 0. The first-order chi connectivity index (χ1) is 13.5. The molecule has 28 heavy (non-hydrogen) atoms. The third kappa shape index (κ3) is 3.96. The van der Waals surface area contributed by atoms with Gasteiger partial charge < -0.3 is 9.82 Å². The van der Waals surface area contributed by atoms with Crippen molar-refractivity contribution >= 4 is 17.1 Å². The van der Waals surface area contributed by atoms with Crippen molar-refractivity contribution in [3.8, 4) is 6.07 Å². The van der Waals surface area contributed by atoms with Crippen LogP contribution in [0.15, 0.2) is 58.5 Å². The van der Waals surface area contributed by atoms with E-state index in [-0.39, 0.29) is 5.56 Å². The summed E-state index contributed by atoms with van der Waals surface area (Å²) in [6, 6.07) is 18.1. The maximum absolute atomic E-state index is 12.2. The van der Waals surface area contributed by atoms with Gasteiger partial charge in [0.15, 0.2) is 0 Å². The van der Waals surface area contributed by atoms with Crippen LogP contribution in [0.1, 0.15) is 36.1 Å². The zero-order valence-electron chi connectivity index (χ0n) is 16.3. The highest BCUT2D eigenvalue weighted by Crippen LogP contribution is 2.30. The van der Waals surface area contributed by atoms with Crippen LogP contribution in [0.4, 0.5) is 0 Å². The molecular weight excluding hydrogens is 350 g/mol. The molecule has 1 heterocycles. The van der Waals surface area contributed by atoms with Crippen LogP contribution in [0, 0.1) is 11.3 Å². The molecule has 1 unspecified atom stereocenters. The fourth-order valence-corrected chi connectivity index (χ4v) is 3.36. The van der Waals surface area contributed by atoms with Gasteiger partial charge in [-0.3, -0.25) is 4.79 Å². The fraction of sp³-hybridized carbons (Fsp3) is 0.261. The fourth-order valence-electron chi connectivity index (χ4n) is 3.36. The number of rotatable bonds is 6. The van der Waals surface area contributed by atoms with Crippen molar-refractivity contribution < 1.29 is 4.84 Å². The summed E-state index contributed by atoms with van der Waals surface area (Å²) < 4.78 is 0. The molecule has 1 N–H and O–H groups in total. The summed E-state index contributed by atoms with van der Waals surface area (Å²) in [4.78, 5) is 19.8. The van der Waals surface area contributed by atoms with Crippen molar-refractivity contribution in [2.75, 3.05) is 7.11 Å². The molecule has 0 aliphatic rings. The molecule has 2 aromatic carbocycles. The first-order valence-electron chi connectivity index (χ1n) is 9.22. The second-order valence-corrected chi connectivity index (χ2v) is 7.06. The molecule has 0 spiro atoms. The maximum atomic E-state index is 12.2. The lowest BCUT2D eigenvalue weighted by atomic mass is 9.78. The predicted molar refractivity (Wildman–Crippen MR) is 112 cm³/mol. The van der Waals surface area contributed by atoms with Crippen LogP contribution in [-0.4, -0.2) is 18.3 Å². The number of aromatic nitrogens is 1. The van der Waals surface area contributed by atoms with E-state index in [2.05, 4.69) is 16.2 Å². The molecule has 142 valence electrons. The summed E-state index contributed by atoms with van der Waals surface area (Å²) in [5, 5.41) is 14.7. The van der Waals surface area contributed by atoms with Gasteiger partial charge >= 0.3 is 0 Å². The highest BCUT2D eigenvalue weighted by atomic mass is 16.6. The minimum atomic E-state index is -0.731. The quantitative estimate of drug-likeness (QED) is 0.522. The number of oxime groups is 1. The smallest absolute Gasteiger partial charge is 0.251 e. The number of pyridine rings is 1. The standard InChI is InChI=1S/C23H23N3O2/c1-4-18-11-19-8-9-20(12-21(19)26-22(18)27)23(2,15-24)13-16-6-5-7-17(10-16)14-25-28-3/h5-12,14H,4,13H2,1-3H3,(H,26,27). The van der Waals surface area contributed by atoms with E-state index in [4.69, 9.17) is 4.84 Å². The van der Waals surface area contributed by atoms with E-state index in [1.165, 1.54) is 7.11 Å². The second-order valence-electron chi connectivity index (χ2n) is 7.06. The summed E-state index contributed by atoms with van der Waals surface area (Å²) in [6.45, 7) is 3.88. The normalized spacial score (nSPS) is 13.4. The average molecular weight is 373 g/mol. The van der Waals surface area contributed by atoms with Gasteiger partial charge in [0.2, 0.25) is 0 Å². The van der Waals surface area contributed by atoms with Crippen molar-refractivity contribution in [1.29, 1.82) is 5.26 Å². The number of nitriles is 1. The molecule has 0 aliphatic heterocycles. The zero-order chi connectivity index (χ0) is 20.1. The largest absolute Gasteiger partial charge is 0.399 e. The molecule has 0 saturated carbocycles. The highest BCUT2D eigenvalue weighted by Gasteiger charge is 2.27. The van der Waals surface area contributed by atoms with Gasteiger partial charge in [0, 0.05) is 11.1 Å². The lowest BCUT2D eigenvalue weighted by Crippen LogP contribution is -2.23. The third-order valence-corrected chi connectivity index (χ3v) is 5.00. The van der Waals surface area contributed by atoms with E-state index >= 15 is 0 Å². The van der Waals surface area contributed by atoms with Crippen LogP contribution >= 0.6 is 0 Å². The van der Waals surface area contributed by atoms with Crippen LogP contribution in [0.3, 0.4) is 0 Å². The van der Waals surface area contributed by atoms with Crippen LogP contribution in [0.25, 0.3) is 10.9 Å². The number of nitrogens with zero attached hydrogens (tertiary/aromatic N) is 2. The van der Waals surface area contributed by atoms with Crippen LogP contribution in [0.5, 0.6) is 0 Å². The number of benzene rings is 2. The van der Waals surface area contributed by atoms with E-state index in [9.17, 15) is 10.1 Å². The molecule has 1 aromatic heterocycles. The number of hydrogen-bond donors (Lipinski definition) is 1. The van der Waals surface area contributed by atoms with E-state index in [1.807, 2.05) is 62.4 Å². The molecule has 0 bridgehead atoms. The Balaban J connectivity index is 1.98.